The Morgan fingerprint density at radius 1 is 1.29 bits per heavy atom. The fourth-order valence-corrected chi connectivity index (χ4v) is 3.82. The van der Waals surface area contributed by atoms with Gasteiger partial charge >= 0.3 is 0 Å². The molecule has 1 aromatic heterocycles. The predicted molar refractivity (Wildman–Crippen MR) is 71.5 cm³/mol. The zero-order chi connectivity index (χ0) is 10.1. The lowest BCUT2D eigenvalue weighted by Gasteiger charge is -1.99. The van der Waals surface area contributed by atoms with E-state index in [0.717, 1.165) is 11.8 Å². The van der Waals surface area contributed by atoms with E-state index in [1.165, 1.54) is 25.0 Å². The maximum atomic E-state index is 3.58. The van der Waals surface area contributed by atoms with Gasteiger partial charge in [0.05, 0.1) is 0 Å². The average molecular weight is 334 g/mol. The van der Waals surface area contributed by atoms with Crippen LogP contribution in [0.1, 0.15) is 17.4 Å². The highest BCUT2D eigenvalue weighted by molar-refractivity contribution is 9.10. The lowest BCUT2D eigenvalue weighted by molar-refractivity contribution is 1.19. The maximum Gasteiger partial charge on any atom is 0.0349 e. The summed E-state index contributed by atoms with van der Waals surface area (Å²) in [5.41, 5.74) is 1.32. The van der Waals surface area contributed by atoms with Crippen LogP contribution in [0.2, 0.25) is 0 Å². The van der Waals surface area contributed by atoms with E-state index in [-0.39, 0.29) is 0 Å². The summed E-state index contributed by atoms with van der Waals surface area (Å²) in [7, 11) is 0. The monoisotopic (exact) mass is 332 g/mol. The lowest BCUT2D eigenvalue weighted by atomic mass is 10.2. The summed E-state index contributed by atoms with van der Waals surface area (Å²) in [4.78, 5) is 1.46. The largest absolute Gasteiger partial charge is 0.140 e. The Hall–Kier alpha value is 0.140. The van der Waals surface area contributed by atoms with E-state index >= 15 is 0 Å². The van der Waals surface area contributed by atoms with Gasteiger partial charge in [0.1, 0.15) is 0 Å². The molecule has 2 rings (SSSR count). The van der Waals surface area contributed by atoms with Gasteiger partial charge in [0, 0.05) is 19.4 Å². The summed E-state index contributed by atoms with van der Waals surface area (Å²) < 4.78 is 2.59. The van der Waals surface area contributed by atoms with Gasteiger partial charge in [-0.15, -0.1) is 11.3 Å². The Morgan fingerprint density at radius 3 is 2.71 bits per heavy atom. The first-order chi connectivity index (χ1) is 6.74. The Labute approximate surface area is 105 Å². The first kappa shape index (κ1) is 10.7. The standard InChI is InChI=1S/C11H10Br2S/c1-2-9-3-7-4-10(13)8(6-12)5-11(7)14-9/h3-5H,2,6H2,1H3. The Morgan fingerprint density at radius 2 is 2.07 bits per heavy atom. The van der Waals surface area contributed by atoms with Crippen LogP contribution < -0.4 is 0 Å². The number of rotatable bonds is 2. The van der Waals surface area contributed by atoms with Crippen LogP contribution in [0.15, 0.2) is 22.7 Å². The Bertz CT molecular complexity index is 460. The van der Waals surface area contributed by atoms with Crippen molar-refractivity contribution in [2.75, 3.05) is 0 Å². The maximum absolute atomic E-state index is 3.58. The number of hydrogen-bond acceptors (Lipinski definition) is 1. The molecule has 0 radical (unpaired) electrons. The highest BCUT2D eigenvalue weighted by Gasteiger charge is 2.04. The second-order valence-corrected chi connectivity index (χ2v) is 5.76. The Kier molecular flexibility index (Phi) is 3.30. The number of halogens is 2. The zero-order valence-corrected chi connectivity index (χ0v) is 11.8. The molecule has 74 valence electrons. The van der Waals surface area contributed by atoms with Crippen LogP contribution in [-0.4, -0.2) is 0 Å². The molecule has 0 amide bonds. The van der Waals surface area contributed by atoms with Gasteiger partial charge in [-0.25, -0.2) is 0 Å². The molecule has 0 N–H and O–H groups in total. The Balaban J connectivity index is 2.64. The van der Waals surface area contributed by atoms with Gasteiger partial charge in [0.2, 0.25) is 0 Å². The van der Waals surface area contributed by atoms with Crippen LogP contribution in [0.5, 0.6) is 0 Å². The molecule has 0 saturated carbocycles. The van der Waals surface area contributed by atoms with Crippen molar-refractivity contribution in [3.8, 4) is 0 Å². The van der Waals surface area contributed by atoms with Crippen molar-refractivity contribution in [3.05, 3.63) is 33.1 Å². The fraction of sp³-hybridized carbons (Fsp3) is 0.273. The highest BCUT2D eigenvalue weighted by Crippen LogP contribution is 2.32. The van der Waals surface area contributed by atoms with Crippen molar-refractivity contribution in [1.29, 1.82) is 0 Å². The molecule has 0 nitrogen and oxygen atoms in total. The zero-order valence-electron chi connectivity index (χ0n) is 7.81. The van der Waals surface area contributed by atoms with E-state index < -0.39 is 0 Å². The molecule has 14 heavy (non-hydrogen) atoms. The second kappa shape index (κ2) is 4.33. The summed E-state index contributed by atoms with van der Waals surface area (Å²) in [6.07, 6.45) is 1.13. The summed E-state index contributed by atoms with van der Waals surface area (Å²) in [6, 6.07) is 6.75. The molecule has 0 aliphatic heterocycles. The molecule has 3 heteroatoms. The minimum Gasteiger partial charge on any atom is -0.140 e. The third-order valence-electron chi connectivity index (χ3n) is 2.23. The third kappa shape index (κ3) is 1.90. The molecule has 1 aromatic carbocycles. The van der Waals surface area contributed by atoms with Gasteiger partial charge in [0.25, 0.3) is 0 Å². The molecular formula is C11H10Br2S. The summed E-state index contributed by atoms with van der Waals surface area (Å²) in [6.45, 7) is 2.20. The fourth-order valence-electron chi connectivity index (χ4n) is 1.43. The molecule has 0 aliphatic rings. The van der Waals surface area contributed by atoms with Crippen LogP contribution in [-0.2, 0) is 11.8 Å². The SMILES string of the molecule is CCc1cc2cc(Br)c(CBr)cc2s1. The van der Waals surface area contributed by atoms with Crippen LogP contribution in [0.3, 0.4) is 0 Å². The van der Waals surface area contributed by atoms with Crippen LogP contribution >= 0.6 is 43.2 Å². The van der Waals surface area contributed by atoms with Gasteiger partial charge in [0.15, 0.2) is 0 Å². The summed E-state index contributed by atoms with van der Waals surface area (Å²) in [5.74, 6) is 0. The van der Waals surface area contributed by atoms with Crippen molar-refractivity contribution in [2.24, 2.45) is 0 Å². The molecule has 0 unspecified atom stereocenters. The molecule has 0 fully saturated rings. The van der Waals surface area contributed by atoms with Gasteiger partial charge in [-0.2, -0.15) is 0 Å². The van der Waals surface area contributed by atoms with Crippen molar-refractivity contribution in [3.63, 3.8) is 0 Å². The van der Waals surface area contributed by atoms with Gasteiger partial charge in [-0.05, 0) is 35.6 Å². The third-order valence-corrected chi connectivity index (χ3v) is 4.81. The molecule has 0 spiro atoms. The summed E-state index contributed by atoms with van der Waals surface area (Å²) in [5, 5.41) is 2.26. The number of hydrogen-bond donors (Lipinski definition) is 0. The molecule has 1 heterocycles. The van der Waals surface area contributed by atoms with Gasteiger partial charge in [-0.3, -0.25) is 0 Å². The van der Waals surface area contributed by atoms with E-state index in [9.17, 15) is 0 Å². The minimum atomic E-state index is 0.906. The minimum absolute atomic E-state index is 0.906. The van der Waals surface area contributed by atoms with Crippen molar-refractivity contribution in [1.82, 2.24) is 0 Å². The first-order valence-corrected chi connectivity index (χ1v) is 7.24. The summed E-state index contributed by atoms with van der Waals surface area (Å²) >= 11 is 8.97. The lowest BCUT2D eigenvalue weighted by Crippen LogP contribution is -1.78. The second-order valence-electron chi connectivity index (χ2n) is 3.18. The number of alkyl halides is 1. The molecular weight excluding hydrogens is 324 g/mol. The topological polar surface area (TPSA) is 0 Å². The number of benzene rings is 1. The van der Waals surface area contributed by atoms with E-state index in [1.807, 2.05) is 11.3 Å². The normalized spacial score (nSPS) is 11.1. The molecule has 0 aliphatic carbocycles. The highest BCUT2D eigenvalue weighted by atomic mass is 79.9. The molecule has 0 atom stereocenters. The van der Waals surface area contributed by atoms with Crippen LogP contribution in [0.25, 0.3) is 10.1 Å². The molecule has 2 aromatic rings. The smallest absolute Gasteiger partial charge is 0.0349 e. The predicted octanol–water partition coefficient (Wildman–Crippen LogP) is 5.12. The first-order valence-electron chi connectivity index (χ1n) is 4.51. The molecule has 0 bridgehead atoms. The van der Waals surface area contributed by atoms with Crippen LogP contribution in [0.4, 0.5) is 0 Å². The van der Waals surface area contributed by atoms with Crippen molar-refractivity contribution < 1.29 is 0 Å². The average Bonchev–Trinajstić information content (AvgIpc) is 2.58. The van der Waals surface area contributed by atoms with E-state index in [2.05, 4.69) is 57.0 Å². The van der Waals surface area contributed by atoms with E-state index in [4.69, 9.17) is 0 Å². The van der Waals surface area contributed by atoms with Gasteiger partial charge in [-0.1, -0.05) is 38.8 Å². The number of thiophene rings is 1. The van der Waals surface area contributed by atoms with Crippen LogP contribution in [0, 0.1) is 0 Å². The van der Waals surface area contributed by atoms with Crippen molar-refractivity contribution in [2.45, 2.75) is 18.7 Å². The number of fused-ring (bicyclic) bond motifs is 1. The van der Waals surface area contributed by atoms with Gasteiger partial charge < -0.3 is 0 Å². The van der Waals surface area contributed by atoms with E-state index in [1.54, 1.807) is 0 Å². The van der Waals surface area contributed by atoms with Crippen molar-refractivity contribution >= 4 is 53.3 Å². The quantitative estimate of drug-likeness (QED) is 0.669. The number of aryl methyl sites for hydroxylation is 1. The van der Waals surface area contributed by atoms with E-state index in [0.29, 0.717) is 0 Å². The molecule has 0 saturated heterocycles.